The number of benzene rings is 1. The standard InChI is InChI=1S/C17H23FN2O/c1-12(10-19-17(2,3)4)11-20-15-7-6-14(18)9-13(15)5-8-16(20)21/h6-7,9,19H,1,5,8,10-11H2,2-4H3. The molecule has 1 aliphatic rings. The molecule has 1 aromatic carbocycles. The third-order valence-corrected chi connectivity index (χ3v) is 3.49. The van der Waals surface area contributed by atoms with Crippen molar-refractivity contribution in [3.8, 4) is 0 Å². The number of hydrogen-bond acceptors (Lipinski definition) is 2. The molecule has 0 saturated carbocycles. The molecular formula is C17H23FN2O. The highest BCUT2D eigenvalue weighted by atomic mass is 19.1. The average molecular weight is 290 g/mol. The lowest BCUT2D eigenvalue weighted by Crippen LogP contribution is -2.41. The molecular weight excluding hydrogens is 267 g/mol. The first-order valence-electron chi connectivity index (χ1n) is 7.27. The van der Waals surface area contributed by atoms with Gasteiger partial charge in [0.15, 0.2) is 0 Å². The van der Waals surface area contributed by atoms with Crippen molar-refractivity contribution < 1.29 is 9.18 Å². The summed E-state index contributed by atoms with van der Waals surface area (Å²) in [7, 11) is 0. The van der Waals surface area contributed by atoms with Crippen molar-refractivity contribution in [1.29, 1.82) is 0 Å². The van der Waals surface area contributed by atoms with E-state index >= 15 is 0 Å². The number of hydrogen-bond donors (Lipinski definition) is 1. The Morgan fingerprint density at radius 1 is 1.38 bits per heavy atom. The molecule has 1 aliphatic heterocycles. The van der Waals surface area contributed by atoms with Crippen molar-refractivity contribution in [3.63, 3.8) is 0 Å². The van der Waals surface area contributed by atoms with Crippen LogP contribution in [-0.4, -0.2) is 24.5 Å². The summed E-state index contributed by atoms with van der Waals surface area (Å²) in [5.41, 5.74) is 2.65. The molecule has 0 atom stereocenters. The van der Waals surface area contributed by atoms with Gasteiger partial charge in [-0.2, -0.15) is 0 Å². The molecule has 1 heterocycles. The maximum Gasteiger partial charge on any atom is 0.227 e. The largest absolute Gasteiger partial charge is 0.308 e. The minimum Gasteiger partial charge on any atom is -0.308 e. The molecule has 21 heavy (non-hydrogen) atoms. The third-order valence-electron chi connectivity index (χ3n) is 3.49. The van der Waals surface area contributed by atoms with Crippen LogP contribution >= 0.6 is 0 Å². The van der Waals surface area contributed by atoms with Gasteiger partial charge in [-0.15, -0.1) is 0 Å². The van der Waals surface area contributed by atoms with E-state index in [1.54, 1.807) is 11.0 Å². The van der Waals surface area contributed by atoms with Crippen LogP contribution in [0.3, 0.4) is 0 Å². The maximum absolute atomic E-state index is 13.3. The normalized spacial score (nSPS) is 15.0. The molecule has 3 nitrogen and oxygen atoms in total. The Hall–Kier alpha value is -1.68. The van der Waals surface area contributed by atoms with Gasteiger partial charge in [-0.1, -0.05) is 6.58 Å². The first-order valence-corrected chi connectivity index (χ1v) is 7.27. The van der Waals surface area contributed by atoms with Gasteiger partial charge in [-0.05, 0) is 56.5 Å². The Bertz CT molecular complexity index is 560. The van der Waals surface area contributed by atoms with Crippen molar-refractivity contribution in [2.45, 2.75) is 39.2 Å². The summed E-state index contributed by atoms with van der Waals surface area (Å²) in [6.07, 6.45) is 1.03. The number of amides is 1. The summed E-state index contributed by atoms with van der Waals surface area (Å²) in [6.45, 7) is 11.4. The monoisotopic (exact) mass is 290 g/mol. The predicted molar refractivity (Wildman–Crippen MR) is 84.0 cm³/mol. The van der Waals surface area contributed by atoms with Crippen LogP contribution in [0.2, 0.25) is 0 Å². The molecule has 0 aliphatic carbocycles. The van der Waals surface area contributed by atoms with Crippen molar-refractivity contribution in [2.24, 2.45) is 0 Å². The summed E-state index contributed by atoms with van der Waals surface area (Å²) >= 11 is 0. The lowest BCUT2D eigenvalue weighted by atomic mass is 10.00. The Labute approximate surface area is 125 Å². The van der Waals surface area contributed by atoms with E-state index in [1.807, 2.05) is 0 Å². The number of aryl methyl sites for hydroxylation is 1. The van der Waals surface area contributed by atoms with Gasteiger partial charge in [0.05, 0.1) is 0 Å². The first kappa shape index (κ1) is 15.7. The van der Waals surface area contributed by atoms with Crippen LogP contribution in [0.1, 0.15) is 32.8 Å². The van der Waals surface area contributed by atoms with Crippen LogP contribution in [0.5, 0.6) is 0 Å². The Morgan fingerprint density at radius 2 is 2.10 bits per heavy atom. The van der Waals surface area contributed by atoms with Crippen LogP contribution < -0.4 is 10.2 Å². The maximum atomic E-state index is 13.3. The second kappa shape index (κ2) is 5.98. The molecule has 0 unspecified atom stereocenters. The van der Waals surface area contributed by atoms with E-state index in [4.69, 9.17) is 0 Å². The zero-order valence-corrected chi connectivity index (χ0v) is 13.0. The lowest BCUT2D eigenvalue weighted by molar-refractivity contribution is -0.118. The summed E-state index contributed by atoms with van der Waals surface area (Å²) in [5, 5.41) is 3.36. The highest BCUT2D eigenvalue weighted by molar-refractivity contribution is 5.96. The van der Waals surface area contributed by atoms with Crippen molar-refractivity contribution >= 4 is 11.6 Å². The fourth-order valence-corrected chi connectivity index (χ4v) is 2.37. The van der Waals surface area contributed by atoms with E-state index in [-0.39, 0.29) is 17.3 Å². The van der Waals surface area contributed by atoms with Gasteiger partial charge in [0.25, 0.3) is 0 Å². The zero-order valence-electron chi connectivity index (χ0n) is 13.0. The average Bonchev–Trinajstić information content (AvgIpc) is 2.39. The second-order valence-corrected chi connectivity index (χ2v) is 6.61. The van der Waals surface area contributed by atoms with Gasteiger partial charge in [0.1, 0.15) is 5.82 Å². The minimum atomic E-state index is -0.253. The number of nitrogens with one attached hydrogen (secondary N) is 1. The highest BCUT2D eigenvalue weighted by Crippen LogP contribution is 2.28. The van der Waals surface area contributed by atoms with Gasteiger partial charge in [0, 0.05) is 30.7 Å². The molecule has 4 heteroatoms. The Balaban J connectivity index is 2.09. The predicted octanol–water partition coefficient (Wildman–Crippen LogP) is 3.05. The molecule has 1 amide bonds. The number of carbonyl (C=O) groups is 1. The summed E-state index contributed by atoms with van der Waals surface area (Å²) < 4.78 is 13.3. The zero-order chi connectivity index (χ0) is 15.6. The molecule has 0 spiro atoms. The highest BCUT2D eigenvalue weighted by Gasteiger charge is 2.24. The molecule has 114 valence electrons. The van der Waals surface area contributed by atoms with Gasteiger partial charge in [-0.3, -0.25) is 4.79 Å². The van der Waals surface area contributed by atoms with Crippen LogP contribution in [0.25, 0.3) is 0 Å². The van der Waals surface area contributed by atoms with Crippen LogP contribution in [0, 0.1) is 5.82 Å². The van der Waals surface area contributed by atoms with Crippen LogP contribution in [0.4, 0.5) is 10.1 Å². The molecule has 0 fully saturated rings. The third kappa shape index (κ3) is 4.14. The quantitative estimate of drug-likeness (QED) is 0.864. The second-order valence-electron chi connectivity index (χ2n) is 6.61. The first-order chi connectivity index (χ1) is 9.76. The number of fused-ring (bicyclic) bond motifs is 1. The van der Waals surface area contributed by atoms with E-state index in [9.17, 15) is 9.18 Å². The van der Waals surface area contributed by atoms with E-state index in [0.717, 1.165) is 16.8 Å². The smallest absolute Gasteiger partial charge is 0.227 e. The number of carbonyl (C=O) groups excluding carboxylic acids is 1. The van der Waals surface area contributed by atoms with E-state index in [1.165, 1.54) is 12.1 Å². The fourth-order valence-electron chi connectivity index (χ4n) is 2.37. The number of rotatable bonds is 4. The molecule has 0 radical (unpaired) electrons. The van der Waals surface area contributed by atoms with Gasteiger partial charge in [-0.25, -0.2) is 4.39 Å². The topological polar surface area (TPSA) is 32.3 Å². The number of anilines is 1. The van der Waals surface area contributed by atoms with E-state index in [0.29, 0.717) is 25.9 Å². The SMILES string of the molecule is C=C(CNC(C)(C)C)CN1C(=O)CCc2cc(F)ccc21. The van der Waals surface area contributed by atoms with Crippen molar-refractivity contribution in [3.05, 3.63) is 41.7 Å². The lowest BCUT2D eigenvalue weighted by Gasteiger charge is -2.31. The van der Waals surface area contributed by atoms with Crippen LogP contribution in [-0.2, 0) is 11.2 Å². The van der Waals surface area contributed by atoms with E-state index < -0.39 is 0 Å². The fraction of sp³-hybridized carbons (Fsp3) is 0.471. The van der Waals surface area contributed by atoms with Gasteiger partial charge >= 0.3 is 0 Å². The van der Waals surface area contributed by atoms with E-state index in [2.05, 4.69) is 32.7 Å². The molecule has 0 aromatic heterocycles. The minimum absolute atomic E-state index is 0.00980. The Morgan fingerprint density at radius 3 is 2.76 bits per heavy atom. The Kier molecular flexibility index (Phi) is 4.47. The summed E-state index contributed by atoms with van der Waals surface area (Å²) in [6, 6.07) is 4.61. The molecule has 2 rings (SSSR count). The van der Waals surface area contributed by atoms with Gasteiger partial charge < -0.3 is 10.2 Å². The molecule has 1 N–H and O–H groups in total. The number of halogens is 1. The molecule has 0 saturated heterocycles. The molecule has 0 bridgehead atoms. The summed E-state index contributed by atoms with van der Waals surface area (Å²) in [4.78, 5) is 13.9. The number of nitrogens with zero attached hydrogens (tertiary/aromatic N) is 1. The van der Waals surface area contributed by atoms with Gasteiger partial charge in [0.2, 0.25) is 5.91 Å². The molecule has 1 aromatic rings. The summed E-state index contributed by atoms with van der Waals surface area (Å²) in [5.74, 6) is -0.178. The van der Waals surface area contributed by atoms with Crippen molar-refractivity contribution in [1.82, 2.24) is 5.32 Å². The van der Waals surface area contributed by atoms with Crippen molar-refractivity contribution in [2.75, 3.05) is 18.0 Å². The van der Waals surface area contributed by atoms with Crippen LogP contribution in [0.15, 0.2) is 30.4 Å².